The van der Waals surface area contributed by atoms with Crippen molar-refractivity contribution in [1.29, 1.82) is 0 Å². The zero-order chi connectivity index (χ0) is 6.53. The zero-order valence-electron chi connectivity index (χ0n) is 6.18. The van der Waals surface area contributed by atoms with Gasteiger partial charge in [0, 0.05) is 6.42 Å². The second kappa shape index (κ2) is 5.62. The Morgan fingerprint density at radius 3 is 2.50 bits per heavy atom. The first-order chi connectivity index (χ1) is 4.43. The molecule has 0 aliphatic heterocycles. The normalized spacial score (nSPS) is 19.1. The highest BCUT2D eigenvalue weighted by atomic mass is 35.5. The standard InChI is InChI=1S/C9H13.ClH/c1-2-6-9-7-4-3-5-8-9;/h1,3,9H,4-8H2;1H. The molecule has 1 aliphatic carbocycles. The minimum absolute atomic E-state index is 0. The number of halogens is 1. The fraction of sp³-hybridized carbons (Fsp3) is 0.667. The third-order valence-corrected chi connectivity index (χ3v) is 1.96. The van der Waals surface area contributed by atoms with Crippen molar-refractivity contribution in [3.8, 4) is 12.3 Å². The average Bonchev–Trinajstić information content (AvgIpc) is 1.91. The minimum atomic E-state index is 0. The molecule has 0 saturated heterocycles. The van der Waals surface area contributed by atoms with Gasteiger partial charge in [-0.3, -0.25) is 0 Å². The van der Waals surface area contributed by atoms with Crippen LogP contribution < -0.4 is 0 Å². The lowest BCUT2D eigenvalue weighted by Crippen LogP contribution is -2.04. The maximum atomic E-state index is 5.20. The van der Waals surface area contributed by atoms with Crippen molar-refractivity contribution in [2.75, 3.05) is 0 Å². The first-order valence-corrected chi connectivity index (χ1v) is 3.68. The molecule has 0 spiro atoms. The van der Waals surface area contributed by atoms with Gasteiger partial charge in [0.05, 0.1) is 0 Å². The van der Waals surface area contributed by atoms with Crippen molar-refractivity contribution >= 4 is 12.4 Å². The van der Waals surface area contributed by atoms with Crippen LogP contribution in [-0.4, -0.2) is 0 Å². The van der Waals surface area contributed by atoms with Gasteiger partial charge in [-0.15, -0.1) is 24.8 Å². The molecule has 57 valence electrons. The fourth-order valence-electron chi connectivity index (χ4n) is 1.37. The maximum absolute atomic E-state index is 5.20. The summed E-state index contributed by atoms with van der Waals surface area (Å²) in [6.45, 7) is 0. The molecule has 0 aromatic heterocycles. The maximum Gasteiger partial charge on any atom is 0.0114 e. The molecule has 0 unspecified atom stereocenters. The summed E-state index contributed by atoms with van der Waals surface area (Å²) >= 11 is 0. The first-order valence-electron chi connectivity index (χ1n) is 3.68. The van der Waals surface area contributed by atoms with E-state index in [-0.39, 0.29) is 12.4 Å². The molecule has 1 fully saturated rings. The number of terminal acetylenes is 1. The second-order valence-electron chi connectivity index (χ2n) is 2.72. The van der Waals surface area contributed by atoms with E-state index in [9.17, 15) is 0 Å². The summed E-state index contributed by atoms with van der Waals surface area (Å²) in [6, 6.07) is 0. The van der Waals surface area contributed by atoms with E-state index in [0.29, 0.717) is 0 Å². The van der Waals surface area contributed by atoms with Crippen LogP contribution in [0.5, 0.6) is 0 Å². The van der Waals surface area contributed by atoms with Gasteiger partial charge in [-0.2, -0.15) is 0 Å². The van der Waals surface area contributed by atoms with Crippen molar-refractivity contribution in [3.05, 3.63) is 6.42 Å². The molecule has 0 atom stereocenters. The van der Waals surface area contributed by atoms with Crippen LogP contribution in [0, 0.1) is 24.7 Å². The summed E-state index contributed by atoms with van der Waals surface area (Å²) in [5, 5.41) is 0. The van der Waals surface area contributed by atoms with Crippen molar-refractivity contribution in [1.82, 2.24) is 0 Å². The lowest BCUT2D eigenvalue weighted by molar-refractivity contribution is 0.414. The van der Waals surface area contributed by atoms with Crippen molar-refractivity contribution in [2.24, 2.45) is 5.92 Å². The molecule has 0 amide bonds. The molecule has 0 aromatic carbocycles. The van der Waals surface area contributed by atoms with E-state index in [1.54, 1.807) is 0 Å². The predicted molar refractivity (Wildman–Crippen MR) is 47.0 cm³/mol. The topological polar surface area (TPSA) is 0 Å². The Morgan fingerprint density at radius 1 is 1.40 bits per heavy atom. The lowest BCUT2D eigenvalue weighted by atomic mass is 9.87. The van der Waals surface area contributed by atoms with Crippen LogP contribution in [0.25, 0.3) is 0 Å². The largest absolute Gasteiger partial charge is 0.147 e. The molecule has 1 rings (SSSR count). The smallest absolute Gasteiger partial charge is 0.0114 e. The Bertz CT molecular complexity index is 106. The van der Waals surface area contributed by atoms with Gasteiger partial charge in [-0.25, -0.2) is 0 Å². The lowest BCUT2D eigenvalue weighted by Gasteiger charge is -2.18. The van der Waals surface area contributed by atoms with Crippen LogP contribution in [0.1, 0.15) is 32.1 Å². The van der Waals surface area contributed by atoms with E-state index in [0.717, 1.165) is 12.3 Å². The molecular weight excluding hydrogens is 144 g/mol. The highest BCUT2D eigenvalue weighted by Crippen LogP contribution is 2.24. The van der Waals surface area contributed by atoms with Crippen LogP contribution in [-0.2, 0) is 0 Å². The van der Waals surface area contributed by atoms with Crippen LogP contribution >= 0.6 is 12.4 Å². The Morgan fingerprint density at radius 2 is 2.00 bits per heavy atom. The van der Waals surface area contributed by atoms with Crippen LogP contribution in [0.4, 0.5) is 0 Å². The molecule has 1 aliphatic rings. The predicted octanol–water partition coefficient (Wildman–Crippen LogP) is 2.83. The number of rotatable bonds is 1. The summed E-state index contributed by atoms with van der Waals surface area (Å²) in [5.41, 5.74) is 0. The molecule has 0 bridgehead atoms. The summed E-state index contributed by atoms with van der Waals surface area (Å²) in [7, 11) is 0. The third-order valence-electron chi connectivity index (χ3n) is 1.96. The molecule has 0 N–H and O–H groups in total. The molecular formula is C9H14Cl. The van der Waals surface area contributed by atoms with E-state index < -0.39 is 0 Å². The summed E-state index contributed by atoms with van der Waals surface area (Å²) in [4.78, 5) is 0. The highest BCUT2D eigenvalue weighted by Gasteiger charge is 2.11. The van der Waals surface area contributed by atoms with Crippen LogP contribution in [0.2, 0.25) is 0 Å². The van der Waals surface area contributed by atoms with Gasteiger partial charge in [-0.1, -0.05) is 0 Å². The first kappa shape index (κ1) is 9.85. The Balaban J connectivity index is 0.000000810. The molecule has 0 nitrogen and oxygen atoms in total. The van der Waals surface area contributed by atoms with Gasteiger partial charge in [0.25, 0.3) is 0 Å². The second-order valence-corrected chi connectivity index (χ2v) is 2.72. The summed E-state index contributed by atoms with van der Waals surface area (Å²) in [5.74, 6) is 3.56. The van der Waals surface area contributed by atoms with Crippen molar-refractivity contribution in [2.45, 2.75) is 32.1 Å². The third kappa shape index (κ3) is 3.13. The molecule has 1 saturated carbocycles. The fourth-order valence-corrected chi connectivity index (χ4v) is 1.37. The van der Waals surface area contributed by atoms with E-state index in [4.69, 9.17) is 6.42 Å². The quantitative estimate of drug-likeness (QED) is 0.514. The van der Waals surface area contributed by atoms with Gasteiger partial charge in [0.2, 0.25) is 0 Å². The van der Waals surface area contributed by atoms with E-state index in [2.05, 4.69) is 12.3 Å². The molecule has 0 aromatic rings. The minimum Gasteiger partial charge on any atom is -0.147 e. The van der Waals surface area contributed by atoms with Crippen LogP contribution in [0.15, 0.2) is 0 Å². The van der Waals surface area contributed by atoms with Gasteiger partial charge in [-0.05, 0) is 38.0 Å². The Kier molecular flexibility index (Phi) is 5.54. The monoisotopic (exact) mass is 157 g/mol. The summed E-state index contributed by atoms with van der Waals surface area (Å²) < 4.78 is 0. The van der Waals surface area contributed by atoms with E-state index in [1.807, 2.05) is 0 Å². The van der Waals surface area contributed by atoms with Gasteiger partial charge in [0.15, 0.2) is 0 Å². The Hall–Kier alpha value is -0.150. The number of hydrogen-bond donors (Lipinski definition) is 0. The van der Waals surface area contributed by atoms with Crippen molar-refractivity contribution < 1.29 is 0 Å². The van der Waals surface area contributed by atoms with Gasteiger partial charge >= 0.3 is 0 Å². The Labute approximate surface area is 69.8 Å². The van der Waals surface area contributed by atoms with E-state index in [1.165, 1.54) is 25.7 Å². The highest BCUT2D eigenvalue weighted by molar-refractivity contribution is 5.85. The van der Waals surface area contributed by atoms with E-state index >= 15 is 0 Å². The number of hydrogen-bond acceptors (Lipinski definition) is 0. The van der Waals surface area contributed by atoms with Crippen LogP contribution in [0.3, 0.4) is 0 Å². The SMILES string of the molecule is C#CCC1CC[CH]CC1.Cl. The molecule has 10 heavy (non-hydrogen) atoms. The van der Waals surface area contributed by atoms with Gasteiger partial charge in [0.1, 0.15) is 0 Å². The van der Waals surface area contributed by atoms with Crippen molar-refractivity contribution in [3.63, 3.8) is 0 Å². The van der Waals surface area contributed by atoms with Gasteiger partial charge < -0.3 is 0 Å². The molecule has 1 heteroatoms. The summed E-state index contributed by atoms with van der Waals surface area (Å²) in [6.07, 6.45) is 13.8. The molecule has 0 heterocycles. The molecule has 1 radical (unpaired) electrons. The average molecular weight is 158 g/mol. The zero-order valence-corrected chi connectivity index (χ0v) is 6.99.